The molecule has 0 fully saturated rings. The van der Waals surface area contributed by atoms with Crippen molar-refractivity contribution in [1.29, 1.82) is 0 Å². The normalized spacial score (nSPS) is 10.6. The molecule has 2 aromatic carbocycles. The van der Waals surface area contributed by atoms with E-state index in [1.165, 1.54) is 11.3 Å². The van der Waals surface area contributed by atoms with Crippen LogP contribution in [-0.2, 0) is 11.3 Å². The standard InChI is InChI=1S/C15H10Cl2N2O2S/c16-10-6-5-9(7-11(10)17)18-15(20)21-8-14-19-12-3-1-2-4-13(12)22-14/h1-7H,8H2,(H,18,20). The summed E-state index contributed by atoms with van der Waals surface area (Å²) in [6, 6.07) is 12.6. The first kappa shape index (κ1) is 15.1. The van der Waals surface area contributed by atoms with Crippen molar-refractivity contribution >= 4 is 56.5 Å². The Hall–Kier alpha value is -1.82. The molecule has 3 rings (SSSR count). The van der Waals surface area contributed by atoms with Crippen molar-refractivity contribution in [3.8, 4) is 0 Å². The van der Waals surface area contributed by atoms with Crippen LogP contribution in [0.15, 0.2) is 42.5 Å². The van der Waals surface area contributed by atoms with Gasteiger partial charge in [-0.1, -0.05) is 35.3 Å². The van der Waals surface area contributed by atoms with Gasteiger partial charge in [-0.05, 0) is 30.3 Å². The van der Waals surface area contributed by atoms with E-state index in [4.69, 9.17) is 27.9 Å². The number of carbonyl (C=O) groups excluding carboxylic acids is 1. The highest BCUT2D eigenvalue weighted by molar-refractivity contribution is 7.18. The highest BCUT2D eigenvalue weighted by Gasteiger charge is 2.08. The fourth-order valence-electron chi connectivity index (χ4n) is 1.84. The number of anilines is 1. The molecule has 7 heteroatoms. The van der Waals surface area contributed by atoms with E-state index in [0.29, 0.717) is 15.7 Å². The summed E-state index contributed by atoms with van der Waals surface area (Å²) in [6.45, 7) is 0.118. The van der Waals surface area contributed by atoms with E-state index in [2.05, 4.69) is 10.3 Å². The van der Waals surface area contributed by atoms with E-state index in [9.17, 15) is 4.79 Å². The van der Waals surface area contributed by atoms with Crippen LogP contribution in [0, 0.1) is 0 Å². The quantitative estimate of drug-likeness (QED) is 0.690. The lowest BCUT2D eigenvalue weighted by Gasteiger charge is -2.06. The second-order valence-electron chi connectivity index (χ2n) is 4.41. The van der Waals surface area contributed by atoms with Gasteiger partial charge in [-0.15, -0.1) is 11.3 Å². The summed E-state index contributed by atoms with van der Waals surface area (Å²) < 4.78 is 6.21. The summed E-state index contributed by atoms with van der Waals surface area (Å²) in [6.07, 6.45) is -0.572. The van der Waals surface area contributed by atoms with Gasteiger partial charge in [0.2, 0.25) is 0 Å². The summed E-state index contributed by atoms with van der Waals surface area (Å²) in [4.78, 5) is 16.2. The number of nitrogens with one attached hydrogen (secondary N) is 1. The number of amides is 1. The maximum absolute atomic E-state index is 11.8. The van der Waals surface area contributed by atoms with E-state index in [1.807, 2.05) is 24.3 Å². The number of halogens is 2. The number of para-hydroxylation sites is 1. The Bertz CT molecular complexity index is 802. The lowest BCUT2D eigenvalue weighted by Crippen LogP contribution is -2.13. The third-order valence-corrected chi connectivity index (χ3v) is 4.58. The first-order valence-corrected chi connectivity index (χ1v) is 7.92. The summed E-state index contributed by atoms with van der Waals surface area (Å²) in [5.41, 5.74) is 1.42. The number of ether oxygens (including phenoxy) is 1. The smallest absolute Gasteiger partial charge is 0.412 e. The molecular weight excluding hydrogens is 343 g/mol. The Balaban J connectivity index is 1.60. The third kappa shape index (κ3) is 3.50. The van der Waals surface area contributed by atoms with Crippen molar-refractivity contribution in [2.24, 2.45) is 0 Å². The Morgan fingerprint density at radius 3 is 2.77 bits per heavy atom. The van der Waals surface area contributed by atoms with Crippen molar-refractivity contribution < 1.29 is 9.53 Å². The zero-order chi connectivity index (χ0) is 15.5. The number of carbonyl (C=O) groups is 1. The minimum Gasteiger partial charge on any atom is -0.442 e. The van der Waals surface area contributed by atoms with Gasteiger partial charge in [0.05, 0.1) is 20.3 Å². The number of benzene rings is 2. The van der Waals surface area contributed by atoms with E-state index < -0.39 is 6.09 Å². The van der Waals surface area contributed by atoms with Gasteiger partial charge in [0.15, 0.2) is 0 Å². The Morgan fingerprint density at radius 1 is 1.18 bits per heavy atom. The van der Waals surface area contributed by atoms with Crippen molar-refractivity contribution in [3.05, 3.63) is 57.5 Å². The fourth-order valence-corrected chi connectivity index (χ4v) is 3.02. The molecule has 0 aliphatic rings. The monoisotopic (exact) mass is 352 g/mol. The van der Waals surface area contributed by atoms with Crippen LogP contribution in [-0.4, -0.2) is 11.1 Å². The topological polar surface area (TPSA) is 51.2 Å². The number of hydrogen-bond donors (Lipinski definition) is 1. The highest BCUT2D eigenvalue weighted by Crippen LogP contribution is 2.25. The maximum atomic E-state index is 11.8. The van der Waals surface area contributed by atoms with Gasteiger partial charge in [-0.25, -0.2) is 9.78 Å². The van der Waals surface area contributed by atoms with E-state index in [1.54, 1.807) is 18.2 Å². The summed E-state index contributed by atoms with van der Waals surface area (Å²) in [5.74, 6) is 0. The van der Waals surface area contributed by atoms with E-state index in [-0.39, 0.29) is 6.61 Å². The average Bonchev–Trinajstić information content (AvgIpc) is 2.92. The van der Waals surface area contributed by atoms with Gasteiger partial charge in [0, 0.05) is 5.69 Å². The molecule has 0 saturated heterocycles. The molecule has 1 N–H and O–H groups in total. The molecule has 0 radical (unpaired) electrons. The Labute approximate surface area is 140 Å². The Morgan fingerprint density at radius 2 is 2.00 bits per heavy atom. The summed E-state index contributed by atoms with van der Waals surface area (Å²) in [7, 11) is 0. The molecule has 1 aromatic heterocycles. The number of aromatic nitrogens is 1. The van der Waals surface area contributed by atoms with Crippen molar-refractivity contribution in [3.63, 3.8) is 0 Å². The van der Waals surface area contributed by atoms with Crippen molar-refractivity contribution in [2.75, 3.05) is 5.32 Å². The van der Waals surface area contributed by atoms with Crippen LogP contribution in [0.3, 0.4) is 0 Å². The highest BCUT2D eigenvalue weighted by atomic mass is 35.5. The van der Waals surface area contributed by atoms with E-state index in [0.717, 1.165) is 15.2 Å². The van der Waals surface area contributed by atoms with Gasteiger partial charge in [0.25, 0.3) is 0 Å². The SMILES string of the molecule is O=C(Nc1ccc(Cl)c(Cl)c1)OCc1nc2ccccc2s1. The summed E-state index contributed by atoms with van der Waals surface area (Å²) in [5, 5.41) is 4.12. The number of rotatable bonds is 3. The fraction of sp³-hybridized carbons (Fsp3) is 0.0667. The molecule has 0 atom stereocenters. The molecule has 112 valence electrons. The molecule has 0 saturated carbocycles. The number of hydrogen-bond acceptors (Lipinski definition) is 4. The van der Waals surface area contributed by atoms with Gasteiger partial charge in [-0.3, -0.25) is 5.32 Å². The van der Waals surface area contributed by atoms with Gasteiger partial charge >= 0.3 is 6.09 Å². The molecule has 0 spiro atoms. The molecule has 1 heterocycles. The minimum absolute atomic E-state index is 0.118. The molecule has 0 bridgehead atoms. The third-order valence-electron chi connectivity index (χ3n) is 2.83. The van der Waals surface area contributed by atoms with Crippen LogP contribution >= 0.6 is 34.5 Å². The molecule has 0 unspecified atom stereocenters. The zero-order valence-electron chi connectivity index (χ0n) is 11.2. The van der Waals surface area contributed by atoms with Crippen LogP contribution in [0.2, 0.25) is 10.0 Å². The maximum Gasteiger partial charge on any atom is 0.412 e. The van der Waals surface area contributed by atoms with Gasteiger partial charge in [0.1, 0.15) is 11.6 Å². The second kappa shape index (κ2) is 6.52. The van der Waals surface area contributed by atoms with E-state index >= 15 is 0 Å². The Kier molecular flexibility index (Phi) is 4.47. The second-order valence-corrected chi connectivity index (χ2v) is 6.33. The van der Waals surface area contributed by atoms with Crippen molar-refractivity contribution in [2.45, 2.75) is 6.61 Å². The van der Waals surface area contributed by atoms with Gasteiger partial charge in [-0.2, -0.15) is 0 Å². The molecule has 4 nitrogen and oxygen atoms in total. The molecule has 22 heavy (non-hydrogen) atoms. The van der Waals surface area contributed by atoms with Crippen LogP contribution in [0.25, 0.3) is 10.2 Å². The summed E-state index contributed by atoms with van der Waals surface area (Å²) >= 11 is 13.2. The minimum atomic E-state index is -0.572. The largest absolute Gasteiger partial charge is 0.442 e. The zero-order valence-corrected chi connectivity index (χ0v) is 13.5. The molecule has 1 amide bonds. The van der Waals surface area contributed by atoms with Crippen LogP contribution < -0.4 is 5.32 Å². The molecule has 0 aliphatic carbocycles. The first-order chi connectivity index (χ1) is 10.6. The number of fused-ring (bicyclic) bond motifs is 1. The lowest BCUT2D eigenvalue weighted by atomic mass is 10.3. The number of thiazole rings is 1. The molecule has 3 aromatic rings. The molecule has 0 aliphatic heterocycles. The van der Waals surface area contributed by atoms with Crippen LogP contribution in [0.1, 0.15) is 5.01 Å². The predicted octanol–water partition coefficient (Wildman–Crippen LogP) is 5.35. The van der Waals surface area contributed by atoms with Crippen molar-refractivity contribution in [1.82, 2.24) is 4.98 Å². The van der Waals surface area contributed by atoms with Crippen LogP contribution in [0.4, 0.5) is 10.5 Å². The lowest BCUT2D eigenvalue weighted by molar-refractivity contribution is 0.155. The molecular formula is C15H10Cl2N2O2S. The number of nitrogens with zero attached hydrogens (tertiary/aromatic N) is 1. The van der Waals surface area contributed by atoms with Crippen LogP contribution in [0.5, 0.6) is 0 Å². The average molecular weight is 353 g/mol. The van der Waals surface area contributed by atoms with Gasteiger partial charge < -0.3 is 4.74 Å². The predicted molar refractivity (Wildman–Crippen MR) is 89.9 cm³/mol. The first-order valence-electron chi connectivity index (χ1n) is 6.35.